The Balaban J connectivity index is 1.50. The zero-order chi connectivity index (χ0) is 21.1. The number of hydrogen-bond donors (Lipinski definition) is 2. The maximum Gasteiger partial charge on any atom is 0.191 e. The van der Waals surface area contributed by atoms with Gasteiger partial charge in [0, 0.05) is 38.1 Å². The normalized spacial score (nSPS) is 15.6. The minimum absolute atomic E-state index is 0.199. The lowest BCUT2D eigenvalue weighted by atomic mass is 9.89. The molecular formula is C25H36N4O. The van der Waals surface area contributed by atoms with Gasteiger partial charge in [-0.25, -0.2) is 0 Å². The van der Waals surface area contributed by atoms with Crippen LogP contribution in [0.4, 0.5) is 0 Å². The van der Waals surface area contributed by atoms with Crippen molar-refractivity contribution < 1.29 is 4.74 Å². The quantitative estimate of drug-likeness (QED) is 0.338. The molecule has 0 atom stereocenters. The van der Waals surface area contributed by atoms with E-state index in [1.165, 1.54) is 11.1 Å². The average Bonchev–Trinajstić information content (AvgIpc) is 2.75. The zero-order valence-corrected chi connectivity index (χ0v) is 18.4. The van der Waals surface area contributed by atoms with E-state index >= 15 is 0 Å². The van der Waals surface area contributed by atoms with Crippen LogP contribution in [0.3, 0.4) is 0 Å². The number of nitrogens with zero attached hydrogens (tertiary/aromatic N) is 2. The summed E-state index contributed by atoms with van der Waals surface area (Å²) in [6, 6.07) is 21.4. The zero-order valence-electron chi connectivity index (χ0n) is 18.4. The Morgan fingerprint density at radius 2 is 1.57 bits per heavy atom. The summed E-state index contributed by atoms with van der Waals surface area (Å²) in [4.78, 5) is 7.28. The van der Waals surface area contributed by atoms with Crippen LogP contribution in [0.2, 0.25) is 0 Å². The first-order valence-corrected chi connectivity index (χ1v) is 11.1. The van der Waals surface area contributed by atoms with Crippen LogP contribution >= 0.6 is 0 Å². The molecule has 5 nitrogen and oxygen atoms in total. The lowest BCUT2D eigenvalue weighted by Gasteiger charge is -2.36. The smallest absolute Gasteiger partial charge is 0.191 e. The number of benzene rings is 2. The lowest BCUT2D eigenvalue weighted by molar-refractivity contribution is -0.0945. The van der Waals surface area contributed by atoms with Crippen LogP contribution in [-0.2, 0) is 17.8 Å². The van der Waals surface area contributed by atoms with E-state index in [1.54, 1.807) is 0 Å². The summed E-state index contributed by atoms with van der Waals surface area (Å²) < 4.78 is 5.34. The van der Waals surface area contributed by atoms with E-state index in [9.17, 15) is 0 Å². The molecule has 2 aromatic rings. The van der Waals surface area contributed by atoms with Gasteiger partial charge in [-0.3, -0.25) is 9.89 Å². The molecule has 0 radical (unpaired) electrons. The van der Waals surface area contributed by atoms with Crippen molar-refractivity contribution in [2.45, 2.75) is 33.4 Å². The molecule has 1 aliphatic rings. The standard InChI is InChI=1S/C25H36N4O/c1-3-26-24(28-19-25(2)20-30-21-25)27-15-10-16-29(17-22-11-6-4-7-12-22)18-23-13-8-5-9-14-23/h4-9,11-14H,3,10,15-21H2,1-2H3,(H2,26,27,28). The molecule has 0 bridgehead atoms. The Morgan fingerprint density at radius 1 is 0.967 bits per heavy atom. The number of hydrogen-bond acceptors (Lipinski definition) is 3. The van der Waals surface area contributed by atoms with E-state index in [0.717, 1.165) is 64.9 Å². The molecule has 2 N–H and O–H groups in total. The average molecular weight is 409 g/mol. The van der Waals surface area contributed by atoms with Crippen molar-refractivity contribution in [1.82, 2.24) is 15.5 Å². The van der Waals surface area contributed by atoms with E-state index in [0.29, 0.717) is 0 Å². The second kappa shape index (κ2) is 11.7. The van der Waals surface area contributed by atoms with Crippen LogP contribution in [0.25, 0.3) is 0 Å². The first-order valence-electron chi connectivity index (χ1n) is 11.1. The summed E-state index contributed by atoms with van der Waals surface area (Å²) >= 11 is 0. The number of nitrogens with one attached hydrogen (secondary N) is 2. The van der Waals surface area contributed by atoms with Gasteiger partial charge >= 0.3 is 0 Å². The predicted octanol–water partition coefficient (Wildman–Crippen LogP) is 3.67. The van der Waals surface area contributed by atoms with Crippen LogP contribution in [0.5, 0.6) is 0 Å². The predicted molar refractivity (Wildman–Crippen MR) is 125 cm³/mol. The van der Waals surface area contributed by atoms with Gasteiger partial charge in [0.15, 0.2) is 5.96 Å². The second-order valence-corrected chi connectivity index (χ2v) is 8.46. The Kier molecular flexibility index (Phi) is 8.72. The molecule has 30 heavy (non-hydrogen) atoms. The maximum absolute atomic E-state index is 5.34. The lowest BCUT2D eigenvalue weighted by Crippen LogP contribution is -2.44. The fourth-order valence-corrected chi connectivity index (χ4v) is 3.56. The fourth-order valence-electron chi connectivity index (χ4n) is 3.56. The van der Waals surface area contributed by atoms with Crippen molar-refractivity contribution in [2.24, 2.45) is 10.4 Å². The van der Waals surface area contributed by atoms with E-state index < -0.39 is 0 Å². The number of ether oxygens (including phenoxy) is 1. The van der Waals surface area contributed by atoms with Crippen molar-refractivity contribution in [3.05, 3.63) is 71.8 Å². The number of aliphatic imine (C=N–C) groups is 1. The van der Waals surface area contributed by atoms with E-state index in [-0.39, 0.29) is 5.41 Å². The van der Waals surface area contributed by atoms with Crippen LogP contribution in [0.15, 0.2) is 65.7 Å². The molecule has 1 heterocycles. The Bertz CT molecular complexity index is 718. The monoisotopic (exact) mass is 408 g/mol. The van der Waals surface area contributed by atoms with Crippen LogP contribution in [-0.4, -0.2) is 50.3 Å². The summed E-state index contributed by atoms with van der Waals surface area (Å²) in [6.45, 7) is 11.5. The van der Waals surface area contributed by atoms with Crippen molar-refractivity contribution in [2.75, 3.05) is 39.4 Å². The molecule has 0 saturated carbocycles. The molecule has 162 valence electrons. The van der Waals surface area contributed by atoms with E-state index in [2.05, 4.69) is 90.0 Å². The van der Waals surface area contributed by atoms with Crippen molar-refractivity contribution in [3.8, 4) is 0 Å². The van der Waals surface area contributed by atoms with Gasteiger partial charge in [-0.15, -0.1) is 0 Å². The fraction of sp³-hybridized carbons (Fsp3) is 0.480. The second-order valence-electron chi connectivity index (χ2n) is 8.46. The summed E-state index contributed by atoms with van der Waals surface area (Å²) in [5, 5.41) is 6.85. The summed E-state index contributed by atoms with van der Waals surface area (Å²) in [6.07, 6.45) is 1.06. The molecule has 5 heteroatoms. The van der Waals surface area contributed by atoms with Crippen LogP contribution in [0.1, 0.15) is 31.4 Å². The highest BCUT2D eigenvalue weighted by Gasteiger charge is 2.33. The highest BCUT2D eigenvalue weighted by molar-refractivity contribution is 5.79. The molecule has 0 unspecified atom stereocenters. The minimum atomic E-state index is 0.199. The van der Waals surface area contributed by atoms with Crippen molar-refractivity contribution in [3.63, 3.8) is 0 Å². The summed E-state index contributed by atoms with van der Waals surface area (Å²) in [5.41, 5.74) is 2.91. The molecule has 1 fully saturated rings. The third-order valence-corrected chi connectivity index (χ3v) is 5.31. The van der Waals surface area contributed by atoms with Crippen molar-refractivity contribution in [1.29, 1.82) is 0 Å². The van der Waals surface area contributed by atoms with Crippen molar-refractivity contribution >= 4 is 5.96 Å². The first-order chi connectivity index (χ1) is 14.7. The molecule has 0 aromatic heterocycles. The maximum atomic E-state index is 5.34. The third-order valence-electron chi connectivity index (χ3n) is 5.31. The first kappa shape index (κ1) is 22.3. The number of rotatable bonds is 11. The molecule has 2 aromatic carbocycles. The van der Waals surface area contributed by atoms with Gasteiger partial charge in [0.05, 0.1) is 19.8 Å². The van der Waals surface area contributed by atoms with Gasteiger partial charge in [0.2, 0.25) is 0 Å². The minimum Gasteiger partial charge on any atom is -0.380 e. The molecule has 0 amide bonds. The summed E-state index contributed by atoms with van der Waals surface area (Å²) in [7, 11) is 0. The molecule has 0 spiro atoms. The molecular weight excluding hydrogens is 372 g/mol. The van der Waals surface area contributed by atoms with Gasteiger partial charge in [0.1, 0.15) is 0 Å². The van der Waals surface area contributed by atoms with Gasteiger partial charge in [0.25, 0.3) is 0 Å². The van der Waals surface area contributed by atoms with E-state index in [1.807, 2.05) is 0 Å². The van der Waals surface area contributed by atoms with Crippen LogP contribution < -0.4 is 10.6 Å². The number of guanidine groups is 1. The molecule has 3 rings (SSSR count). The van der Waals surface area contributed by atoms with E-state index in [4.69, 9.17) is 9.73 Å². The highest BCUT2D eigenvalue weighted by Crippen LogP contribution is 2.26. The van der Waals surface area contributed by atoms with Crippen LogP contribution in [0, 0.1) is 5.41 Å². The Labute approximate surface area is 181 Å². The third kappa shape index (κ3) is 7.47. The molecule has 1 aliphatic heterocycles. The van der Waals surface area contributed by atoms with Gasteiger partial charge in [-0.05, 0) is 24.5 Å². The highest BCUT2D eigenvalue weighted by atomic mass is 16.5. The van der Waals surface area contributed by atoms with Gasteiger partial charge in [-0.1, -0.05) is 67.6 Å². The van der Waals surface area contributed by atoms with Gasteiger partial charge < -0.3 is 15.4 Å². The summed E-state index contributed by atoms with van der Waals surface area (Å²) in [5.74, 6) is 0.906. The molecule has 0 aliphatic carbocycles. The Hall–Kier alpha value is -2.37. The SMILES string of the molecule is CCNC(=NCC1(C)COC1)NCCCN(Cc1ccccc1)Cc1ccccc1. The largest absolute Gasteiger partial charge is 0.380 e. The topological polar surface area (TPSA) is 48.9 Å². The molecule has 1 saturated heterocycles. The van der Waals surface area contributed by atoms with Gasteiger partial charge in [-0.2, -0.15) is 0 Å². The Morgan fingerprint density at radius 3 is 2.07 bits per heavy atom.